The summed E-state index contributed by atoms with van der Waals surface area (Å²) in [4.78, 5) is 0. The molecule has 0 aliphatic heterocycles. The molecule has 1 aromatic heterocycles. The zero-order chi connectivity index (χ0) is 11.7. The molecule has 86 valence electrons. The maximum absolute atomic E-state index is 13.4. The number of halogens is 1. The molecular formula is C13H16FNO. The number of para-hydroxylation sites is 1. The molecule has 0 saturated carbocycles. The Morgan fingerprint density at radius 1 is 1.38 bits per heavy atom. The summed E-state index contributed by atoms with van der Waals surface area (Å²) in [6.45, 7) is 4.20. The Balaban J connectivity index is 2.36. The molecule has 3 heteroatoms. The van der Waals surface area contributed by atoms with Crippen LogP contribution in [0.25, 0.3) is 11.0 Å². The molecule has 16 heavy (non-hydrogen) atoms. The van der Waals surface area contributed by atoms with Crippen LogP contribution in [-0.2, 0) is 0 Å². The molecule has 1 atom stereocenters. The number of benzene rings is 1. The molecule has 2 nitrogen and oxygen atoms in total. The van der Waals surface area contributed by atoms with E-state index in [1.54, 1.807) is 6.07 Å². The highest BCUT2D eigenvalue weighted by molar-refractivity contribution is 5.78. The fourth-order valence-corrected chi connectivity index (χ4v) is 1.85. The van der Waals surface area contributed by atoms with Crippen LogP contribution in [0.4, 0.5) is 4.39 Å². The summed E-state index contributed by atoms with van der Waals surface area (Å²) in [6.07, 6.45) is 0.835. The van der Waals surface area contributed by atoms with Crippen LogP contribution < -0.4 is 5.73 Å². The molecule has 2 aromatic rings. The van der Waals surface area contributed by atoms with Gasteiger partial charge in [0.25, 0.3) is 0 Å². The minimum absolute atomic E-state index is 0.160. The van der Waals surface area contributed by atoms with Crippen LogP contribution in [0.3, 0.4) is 0 Å². The van der Waals surface area contributed by atoms with Crippen molar-refractivity contribution in [3.63, 3.8) is 0 Å². The molecular weight excluding hydrogens is 205 g/mol. The number of hydrogen-bond acceptors (Lipinski definition) is 2. The van der Waals surface area contributed by atoms with Crippen molar-refractivity contribution in [2.24, 2.45) is 11.7 Å². The monoisotopic (exact) mass is 221 g/mol. The first kappa shape index (κ1) is 11.1. The summed E-state index contributed by atoms with van der Waals surface area (Å²) in [6, 6.07) is 6.56. The van der Waals surface area contributed by atoms with Crippen molar-refractivity contribution >= 4 is 11.0 Å². The van der Waals surface area contributed by atoms with Crippen LogP contribution in [-0.4, -0.2) is 0 Å². The largest absolute Gasteiger partial charge is 0.456 e. The fraction of sp³-hybridized carbons (Fsp3) is 0.385. The lowest BCUT2D eigenvalue weighted by Crippen LogP contribution is -2.11. The van der Waals surface area contributed by atoms with Crippen molar-refractivity contribution in [1.29, 1.82) is 0 Å². The summed E-state index contributed by atoms with van der Waals surface area (Å²) in [5.41, 5.74) is 6.30. The summed E-state index contributed by atoms with van der Waals surface area (Å²) < 4.78 is 18.9. The maximum atomic E-state index is 13.4. The molecule has 2 rings (SSSR count). The molecule has 0 aliphatic carbocycles. The Morgan fingerprint density at radius 2 is 2.12 bits per heavy atom. The van der Waals surface area contributed by atoms with Crippen molar-refractivity contribution in [2.45, 2.75) is 26.3 Å². The maximum Gasteiger partial charge on any atom is 0.169 e. The second-order valence-electron chi connectivity index (χ2n) is 4.54. The number of hydrogen-bond donors (Lipinski definition) is 1. The molecule has 0 radical (unpaired) electrons. The second-order valence-corrected chi connectivity index (χ2v) is 4.54. The Morgan fingerprint density at radius 3 is 2.75 bits per heavy atom. The van der Waals surface area contributed by atoms with E-state index in [-0.39, 0.29) is 11.9 Å². The summed E-state index contributed by atoms with van der Waals surface area (Å²) in [5, 5.41) is 0.772. The minimum Gasteiger partial charge on any atom is -0.456 e. The molecule has 1 aromatic carbocycles. The van der Waals surface area contributed by atoms with Crippen molar-refractivity contribution in [3.8, 4) is 0 Å². The molecule has 0 fully saturated rings. The van der Waals surface area contributed by atoms with Gasteiger partial charge < -0.3 is 10.2 Å². The number of rotatable bonds is 3. The van der Waals surface area contributed by atoms with E-state index >= 15 is 0 Å². The van der Waals surface area contributed by atoms with Gasteiger partial charge in [0.15, 0.2) is 11.4 Å². The van der Waals surface area contributed by atoms with Crippen LogP contribution in [0, 0.1) is 11.7 Å². The zero-order valence-corrected chi connectivity index (χ0v) is 9.53. The van der Waals surface area contributed by atoms with Crippen molar-refractivity contribution in [2.75, 3.05) is 0 Å². The van der Waals surface area contributed by atoms with Crippen molar-refractivity contribution in [3.05, 3.63) is 35.8 Å². The van der Waals surface area contributed by atoms with E-state index in [9.17, 15) is 4.39 Å². The van der Waals surface area contributed by atoms with E-state index in [4.69, 9.17) is 10.2 Å². The number of fused-ring (bicyclic) bond motifs is 1. The summed E-state index contributed by atoms with van der Waals surface area (Å²) >= 11 is 0. The average molecular weight is 221 g/mol. The quantitative estimate of drug-likeness (QED) is 0.859. The third kappa shape index (κ3) is 2.09. The molecule has 1 heterocycles. The van der Waals surface area contributed by atoms with Gasteiger partial charge in [-0.05, 0) is 24.5 Å². The fourth-order valence-electron chi connectivity index (χ4n) is 1.85. The highest BCUT2D eigenvalue weighted by Gasteiger charge is 2.15. The van der Waals surface area contributed by atoms with Crippen LogP contribution in [0.1, 0.15) is 32.1 Å². The minimum atomic E-state index is -0.333. The third-order valence-electron chi connectivity index (χ3n) is 2.61. The Bertz CT molecular complexity index is 490. The second kappa shape index (κ2) is 4.26. The predicted molar refractivity (Wildman–Crippen MR) is 62.6 cm³/mol. The van der Waals surface area contributed by atoms with Gasteiger partial charge >= 0.3 is 0 Å². The lowest BCUT2D eigenvalue weighted by atomic mass is 10.0. The van der Waals surface area contributed by atoms with Gasteiger partial charge in [0.2, 0.25) is 0 Å². The van der Waals surface area contributed by atoms with Crippen LogP contribution in [0.15, 0.2) is 28.7 Å². The Labute approximate surface area is 94.2 Å². The molecule has 0 bridgehead atoms. The van der Waals surface area contributed by atoms with Gasteiger partial charge in [0.05, 0.1) is 6.04 Å². The van der Waals surface area contributed by atoms with E-state index in [1.165, 1.54) is 6.07 Å². The van der Waals surface area contributed by atoms with Gasteiger partial charge in [0, 0.05) is 5.39 Å². The van der Waals surface area contributed by atoms with E-state index in [2.05, 4.69) is 13.8 Å². The van der Waals surface area contributed by atoms with Gasteiger partial charge in [0.1, 0.15) is 5.76 Å². The van der Waals surface area contributed by atoms with Gasteiger partial charge in [-0.15, -0.1) is 0 Å². The van der Waals surface area contributed by atoms with E-state index in [1.807, 2.05) is 12.1 Å². The number of nitrogens with two attached hydrogens (primary N) is 1. The molecule has 0 amide bonds. The van der Waals surface area contributed by atoms with Gasteiger partial charge in [-0.1, -0.05) is 26.0 Å². The first-order valence-corrected chi connectivity index (χ1v) is 5.51. The topological polar surface area (TPSA) is 39.2 Å². The summed E-state index contributed by atoms with van der Waals surface area (Å²) in [7, 11) is 0. The lowest BCUT2D eigenvalue weighted by molar-refractivity contribution is 0.426. The van der Waals surface area contributed by atoms with Crippen LogP contribution in [0.2, 0.25) is 0 Å². The SMILES string of the molecule is CC(C)C[C@@H](N)c1cc2cccc(F)c2o1. The smallest absolute Gasteiger partial charge is 0.169 e. The first-order valence-electron chi connectivity index (χ1n) is 5.51. The predicted octanol–water partition coefficient (Wildman–Crippen LogP) is 3.62. The zero-order valence-electron chi connectivity index (χ0n) is 9.53. The average Bonchev–Trinajstić information content (AvgIpc) is 2.61. The standard InChI is InChI=1S/C13H16FNO/c1-8(2)6-11(15)12-7-9-4-3-5-10(14)13(9)16-12/h3-5,7-8,11H,6,15H2,1-2H3/t11-/m1/s1. The molecule has 2 N–H and O–H groups in total. The normalized spacial score (nSPS) is 13.6. The van der Waals surface area contributed by atoms with Gasteiger partial charge in [-0.25, -0.2) is 4.39 Å². The van der Waals surface area contributed by atoms with Gasteiger partial charge in [-0.2, -0.15) is 0 Å². The highest BCUT2D eigenvalue weighted by Crippen LogP contribution is 2.27. The highest BCUT2D eigenvalue weighted by atomic mass is 19.1. The number of furan rings is 1. The van der Waals surface area contributed by atoms with Crippen molar-refractivity contribution in [1.82, 2.24) is 0 Å². The summed E-state index contributed by atoms with van der Waals surface area (Å²) in [5.74, 6) is 0.822. The van der Waals surface area contributed by atoms with Crippen LogP contribution in [0.5, 0.6) is 0 Å². The van der Waals surface area contributed by atoms with Crippen molar-refractivity contribution < 1.29 is 8.81 Å². The van der Waals surface area contributed by atoms with E-state index in [0.29, 0.717) is 17.3 Å². The van der Waals surface area contributed by atoms with E-state index in [0.717, 1.165) is 11.8 Å². The van der Waals surface area contributed by atoms with E-state index < -0.39 is 0 Å². The van der Waals surface area contributed by atoms with Crippen LogP contribution >= 0.6 is 0 Å². The molecule has 0 spiro atoms. The molecule has 0 unspecified atom stereocenters. The Hall–Kier alpha value is -1.35. The Kier molecular flexibility index (Phi) is 2.97. The van der Waals surface area contributed by atoms with Gasteiger partial charge in [-0.3, -0.25) is 0 Å². The first-order chi connectivity index (χ1) is 7.58. The molecule has 0 saturated heterocycles. The molecule has 0 aliphatic rings. The third-order valence-corrected chi connectivity index (χ3v) is 2.61. The lowest BCUT2D eigenvalue weighted by Gasteiger charge is -2.10.